The summed E-state index contributed by atoms with van der Waals surface area (Å²) < 4.78 is 5.31. The standard InChI is InChI=1S/C14H25N3O/c1-10(2)8-15-9-13-16-14(17-18-13)12-6-4-5-11(3)7-12/h10-12,15H,4-9H2,1-3H3. The van der Waals surface area contributed by atoms with Crippen LogP contribution in [0.3, 0.4) is 0 Å². The van der Waals surface area contributed by atoms with Crippen molar-refractivity contribution in [3.05, 3.63) is 11.7 Å². The fraction of sp³-hybridized carbons (Fsp3) is 0.857. The molecule has 1 heterocycles. The van der Waals surface area contributed by atoms with E-state index in [0.29, 0.717) is 18.4 Å². The molecule has 18 heavy (non-hydrogen) atoms. The van der Waals surface area contributed by atoms with Crippen molar-refractivity contribution in [1.82, 2.24) is 15.5 Å². The van der Waals surface area contributed by atoms with Crippen molar-refractivity contribution in [2.45, 2.75) is 58.9 Å². The van der Waals surface area contributed by atoms with E-state index in [2.05, 4.69) is 36.2 Å². The van der Waals surface area contributed by atoms with E-state index in [1.165, 1.54) is 25.7 Å². The molecule has 1 aliphatic rings. The number of hydrogen-bond donors (Lipinski definition) is 1. The Morgan fingerprint density at radius 1 is 1.39 bits per heavy atom. The quantitative estimate of drug-likeness (QED) is 0.873. The average Bonchev–Trinajstić information content (AvgIpc) is 2.77. The highest BCUT2D eigenvalue weighted by Gasteiger charge is 2.24. The maximum Gasteiger partial charge on any atom is 0.240 e. The molecule has 2 rings (SSSR count). The smallest absolute Gasteiger partial charge is 0.240 e. The molecule has 102 valence electrons. The first-order chi connectivity index (χ1) is 8.65. The zero-order valence-corrected chi connectivity index (χ0v) is 11.8. The monoisotopic (exact) mass is 251 g/mol. The third-order valence-corrected chi connectivity index (χ3v) is 3.61. The van der Waals surface area contributed by atoms with E-state index in [4.69, 9.17) is 4.52 Å². The Labute approximate surface area is 110 Å². The molecule has 4 heteroatoms. The molecule has 1 aromatic heterocycles. The van der Waals surface area contributed by atoms with Crippen LogP contribution in [0.1, 0.15) is 64.1 Å². The van der Waals surface area contributed by atoms with Gasteiger partial charge in [0.1, 0.15) is 0 Å². The van der Waals surface area contributed by atoms with Crippen LogP contribution < -0.4 is 5.32 Å². The Hall–Kier alpha value is -0.900. The summed E-state index contributed by atoms with van der Waals surface area (Å²) in [5, 5.41) is 7.48. The van der Waals surface area contributed by atoms with Crippen LogP contribution in [0.5, 0.6) is 0 Å². The van der Waals surface area contributed by atoms with Gasteiger partial charge in [-0.1, -0.05) is 38.8 Å². The summed E-state index contributed by atoms with van der Waals surface area (Å²) >= 11 is 0. The normalized spacial score (nSPS) is 24.7. The predicted molar refractivity (Wildman–Crippen MR) is 71.2 cm³/mol. The zero-order chi connectivity index (χ0) is 13.0. The molecule has 0 radical (unpaired) electrons. The molecule has 1 saturated carbocycles. The summed E-state index contributed by atoms with van der Waals surface area (Å²) in [6.07, 6.45) is 5.06. The van der Waals surface area contributed by atoms with Crippen LogP contribution in [0.4, 0.5) is 0 Å². The molecule has 1 fully saturated rings. The van der Waals surface area contributed by atoms with Crippen LogP contribution in [-0.2, 0) is 6.54 Å². The van der Waals surface area contributed by atoms with Crippen molar-refractivity contribution in [2.75, 3.05) is 6.54 Å². The van der Waals surface area contributed by atoms with Crippen molar-refractivity contribution in [3.8, 4) is 0 Å². The van der Waals surface area contributed by atoms with Gasteiger partial charge in [-0.15, -0.1) is 0 Å². The van der Waals surface area contributed by atoms with Crippen LogP contribution in [0, 0.1) is 11.8 Å². The highest BCUT2D eigenvalue weighted by Crippen LogP contribution is 2.34. The second kappa shape index (κ2) is 6.32. The van der Waals surface area contributed by atoms with Crippen LogP contribution in [0.2, 0.25) is 0 Å². The van der Waals surface area contributed by atoms with Crippen LogP contribution in [0.25, 0.3) is 0 Å². The molecule has 0 saturated heterocycles. The third kappa shape index (κ3) is 3.80. The highest BCUT2D eigenvalue weighted by molar-refractivity contribution is 4.97. The lowest BCUT2D eigenvalue weighted by atomic mass is 9.82. The minimum atomic E-state index is 0.511. The van der Waals surface area contributed by atoms with Gasteiger partial charge < -0.3 is 9.84 Å². The SMILES string of the molecule is CC(C)CNCc1nc(C2CCCC(C)C2)no1. The van der Waals surface area contributed by atoms with Gasteiger partial charge in [0.2, 0.25) is 5.89 Å². The maximum atomic E-state index is 5.31. The van der Waals surface area contributed by atoms with Crippen molar-refractivity contribution in [3.63, 3.8) is 0 Å². The molecule has 1 aromatic rings. The van der Waals surface area contributed by atoms with E-state index in [1.807, 2.05) is 0 Å². The number of hydrogen-bond acceptors (Lipinski definition) is 4. The minimum absolute atomic E-state index is 0.511. The topological polar surface area (TPSA) is 51.0 Å². The molecule has 2 unspecified atom stereocenters. The van der Waals surface area contributed by atoms with E-state index in [0.717, 1.165) is 24.2 Å². The van der Waals surface area contributed by atoms with Crippen molar-refractivity contribution >= 4 is 0 Å². The van der Waals surface area contributed by atoms with E-state index >= 15 is 0 Å². The number of nitrogens with zero attached hydrogens (tertiary/aromatic N) is 2. The van der Waals surface area contributed by atoms with Crippen LogP contribution in [0.15, 0.2) is 4.52 Å². The second-order valence-electron chi connectivity index (χ2n) is 6.04. The molecular formula is C14H25N3O. The molecule has 1 aliphatic carbocycles. The lowest BCUT2D eigenvalue weighted by Crippen LogP contribution is -2.19. The van der Waals surface area contributed by atoms with E-state index in [-0.39, 0.29) is 0 Å². The van der Waals surface area contributed by atoms with E-state index < -0.39 is 0 Å². The Balaban J connectivity index is 1.85. The maximum absolute atomic E-state index is 5.31. The van der Waals surface area contributed by atoms with Crippen LogP contribution >= 0.6 is 0 Å². The Morgan fingerprint density at radius 2 is 2.22 bits per heavy atom. The minimum Gasteiger partial charge on any atom is -0.338 e. The first-order valence-electron chi connectivity index (χ1n) is 7.18. The van der Waals surface area contributed by atoms with Crippen molar-refractivity contribution in [1.29, 1.82) is 0 Å². The molecule has 0 spiro atoms. The van der Waals surface area contributed by atoms with Crippen molar-refractivity contribution < 1.29 is 4.52 Å². The molecule has 2 atom stereocenters. The Kier molecular flexibility index (Phi) is 4.75. The molecule has 4 nitrogen and oxygen atoms in total. The molecular weight excluding hydrogens is 226 g/mol. The summed E-state index contributed by atoms with van der Waals surface area (Å²) in [6.45, 7) is 8.37. The van der Waals surface area contributed by atoms with Gasteiger partial charge in [0.25, 0.3) is 0 Å². The molecule has 0 aliphatic heterocycles. The van der Waals surface area contributed by atoms with Gasteiger partial charge in [-0.2, -0.15) is 4.98 Å². The molecule has 1 N–H and O–H groups in total. The first-order valence-corrected chi connectivity index (χ1v) is 7.18. The predicted octanol–water partition coefficient (Wildman–Crippen LogP) is 3.11. The average molecular weight is 251 g/mol. The number of nitrogens with one attached hydrogen (secondary N) is 1. The summed E-state index contributed by atoms with van der Waals surface area (Å²) in [5.41, 5.74) is 0. The van der Waals surface area contributed by atoms with Gasteiger partial charge in [0, 0.05) is 5.92 Å². The number of rotatable bonds is 5. The number of aromatic nitrogens is 2. The fourth-order valence-electron chi connectivity index (χ4n) is 2.64. The second-order valence-corrected chi connectivity index (χ2v) is 6.04. The summed E-state index contributed by atoms with van der Waals surface area (Å²) in [6, 6.07) is 0. The van der Waals surface area contributed by atoms with Gasteiger partial charge in [0.15, 0.2) is 5.82 Å². The van der Waals surface area contributed by atoms with Gasteiger partial charge in [-0.3, -0.25) is 0 Å². The van der Waals surface area contributed by atoms with Crippen molar-refractivity contribution in [2.24, 2.45) is 11.8 Å². The lowest BCUT2D eigenvalue weighted by Gasteiger charge is -2.23. The Morgan fingerprint density at radius 3 is 2.94 bits per heavy atom. The van der Waals surface area contributed by atoms with Gasteiger partial charge in [0.05, 0.1) is 6.54 Å². The molecule has 0 amide bonds. The van der Waals surface area contributed by atoms with Crippen LogP contribution in [-0.4, -0.2) is 16.7 Å². The first kappa shape index (κ1) is 13.5. The van der Waals surface area contributed by atoms with Gasteiger partial charge in [-0.25, -0.2) is 0 Å². The lowest BCUT2D eigenvalue weighted by molar-refractivity contribution is 0.318. The van der Waals surface area contributed by atoms with E-state index in [9.17, 15) is 0 Å². The van der Waals surface area contributed by atoms with Gasteiger partial charge >= 0.3 is 0 Å². The molecule has 0 bridgehead atoms. The van der Waals surface area contributed by atoms with E-state index in [1.54, 1.807) is 0 Å². The van der Waals surface area contributed by atoms with Gasteiger partial charge in [-0.05, 0) is 31.2 Å². The fourth-order valence-corrected chi connectivity index (χ4v) is 2.64. The summed E-state index contributed by atoms with van der Waals surface area (Å²) in [4.78, 5) is 4.52. The highest BCUT2D eigenvalue weighted by atomic mass is 16.5. The molecule has 0 aromatic carbocycles. The zero-order valence-electron chi connectivity index (χ0n) is 11.8. The largest absolute Gasteiger partial charge is 0.338 e. The Bertz CT molecular complexity index is 362. The third-order valence-electron chi connectivity index (χ3n) is 3.61. The summed E-state index contributed by atoms with van der Waals surface area (Å²) in [7, 11) is 0. The summed E-state index contributed by atoms with van der Waals surface area (Å²) in [5.74, 6) is 3.60.